The summed E-state index contributed by atoms with van der Waals surface area (Å²) in [5.74, 6) is -0.101. The lowest BCUT2D eigenvalue weighted by molar-refractivity contribution is 0.0622. The molecule has 1 aromatic rings. The molecule has 1 amide bonds. The summed E-state index contributed by atoms with van der Waals surface area (Å²) in [6, 6.07) is 5.59. The van der Waals surface area contributed by atoms with Crippen LogP contribution in [0, 0.1) is 6.92 Å². The Hall–Kier alpha value is -1.06. The highest BCUT2D eigenvalue weighted by molar-refractivity contribution is 6.34. The number of amides is 1. The van der Waals surface area contributed by atoms with Crippen molar-refractivity contribution in [2.75, 3.05) is 13.2 Å². The molecular formula is C15H22ClNO2. The van der Waals surface area contributed by atoms with Crippen molar-refractivity contribution < 1.29 is 9.90 Å². The van der Waals surface area contributed by atoms with Crippen LogP contribution in [-0.2, 0) is 0 Å². The number of nitrogens with zero attached hydrogens (tertiary/aromatic N) is 1. The van der Waals surface area contributed by atoms with Gasteiger partial charge in [-0.05, 0) is 31.4 Å². The zero-order valence-electron chi connectivity index (χ0n) is 11.8. The first-order valence-corrected chi connectivity index (χ1v) is 7.11. The van der Waals surface area contributed by atoms with E-state index in [9.17, 15) is 4.79 Å². The third-order valence-electron chi connectivity index (χ3n) is 3.41. The van der Waals surface area contributed by atoms with Crippen LogP contribution in [0.1, 0.15) is 42.6 Å². The van der Waals surface area contributed by atoms with Gasteiger partial charge >= 0.3 is 0 Å². The molecule has 0 heterocycles. The number of carbonyl (C=O) groups excluding carboxylic acids is 1. The Kier molecular flexibility index (Phi) is 6.32. The Morgan fingerprint density at radius 2 is 2.00 bits per heavy atom. The van der Waals surface area contributed by atoms with Gasteiger partial charge in [0.1, 0.15) is 0 Å². The van der Waals surface area contributed by atoms with Gasteiger partial charge < -0.3 is 10.0 Å². The molecule has 0 saturated heterocycles. The van der Waals surface area contributed by atoms with Crippen LogP contribution in [-0.4, -0.2) is 35.1 Å². The highest BCUT2D eigenvalue weighted by atomic mass is 35.5. The topological polar surface area (TPSA) is 40.5 Å². The van der Waals surface area contributed by atoms with Gasteiger partial charge in [-0.3, -0.25) is 4.79 Å². The molecule has 0 saturated carbocycles. The van der Waals surface area contributed by atoms with Crippen LogP contribution < -0.4 is 0 Å². The molecule has 1 rings (SSSR count). The van der Waals surface area contributed by atoms with Crippen LogP contribution in [0.3, 0.4) is 0 Å². The van der Waals surface area contributed by atoms with E-state index in [0.29, 0.717) is 17.1 Å². The summed E-state index contributed by atoms with van der Waals surface area (Å²) in [5, 5.41) is 9.67. The van der Waals surface area contributed by atoms with Crippen molar-refractivity contribution in [3.63, 3.8) is 0 Å². The van der Waals surface area contributed by atoms with E-state index in [1.165, 1.54) is 0 Å². The van der Waals surface area contributed by atoms with Gasteiger partial charge in [-0.25, -0.2) is 0 Å². The maximum Gasteiger partial charge on any atom is 0.255 e. The summed E-state index contributed by atoms with van der Waals surface area (Å²) in [6.45, 7) is 6.28. The molecule has 0 fully saturated rings. The predicted molar refractivity (Wildman–Crippen MR) is 78.7 cm³/mol. The molecule has 0 atom stereocenters. The van der Waals surface area contributed by atoms with E-state index in [-0.39, 0.29) is 18.6 Å². The number of aryl methyl sites for hydroxylation is 1. The first-order chi connectivity index (χ1) is 9.06. The lowest BCUT2D eigenvalue weighted by Gasteiger charge is -2.30. The lowest BCUT2D eigenvalue weighted by Crippen LogP contribution is -2.41. The third kappa shape index (κ3) is 3.71. The van der Waals surface area contributed by atoms with Crippen LogP contribution >= 0.6 is 11.6 Å². The number of aliphatic hydroxyl groups excluding tert-OH is 1. The van der Waals surface area contributed by atoms with Gasteiger partial charge in [-0.1, -0.05) is 37.6 Å². The van der Waals surface area contributed by atoms with E-state index >= 15 is 0 Å². The largest absolute Gasteiger partial charge is 0.395 e. The van der Waals surface area contributed by atoms with Crippen LogP contribution in [0.5, 0.6) is 0 Å². The van der Waals surface area contributed by atoms with Crippen LogP contribution in [0.4, 0.5) is 0 Å². The van der Waals surface area contributed by atoms with Gasteiger partial charge in [0.25, 0.3) is 5.91 Å². The van der Waals surface area contributed by atoms with E-state index in [0.717, 1.165) is 18.4 Å². The first-order valence-electron chi connectivity index (χ1n) is 6.73. The number of hydrogen-bond donors (Lipinski definition) is 1. The Bertz CT molecular complexity index is 430. The number of rotatable bonds is 6. The molecule has 0 aromatic heterocycles. The molecular weight excluding hydrogens is 262 g/mol. The molecule has 3 nitrogen and oxygen atoms in total. The predicted octanol–water partition coefficient (Wildman–Crippen LogP) is 3.27. The van der Waals surface area contributed by atoms with E-state index in [4.69, 9.17) is 16.7 Å². The molecule has 0 spiro atoms. The average Bonchev–Trinajstić information content (AvgIpc) is 2.41. The SMILES string of the molecule is CCC(CC)N(CCO)C(=O)c1cccc(C)c1Cl. The zero-order chi connectivity index (χ0) is 14.4. The second-order valence-electron chi connectivity index (χ2n) is 4.63. The number of halogens is 1. The molecule has 0 aliphatic carbocycles. The van der Waals surface area contributed by atoms with Crippen molar-refractivity contribution in [2.24, 2.45) is 0 Å². The van der Waals surface area contributed by atoms with Crippen molar-refractivity contribution in [2.45, 2.75) is 39.7 Å². The maximum absolute atomic E-state index is 12.6. The fourth-order valence-corrected chi connectivity index (χ4v) is 2.46. The van der Waals surface area contributed by atoms with E-state index in [2.05, 4.69) is 0 Å². The molecule has 0 aliphatic heterocycles. The van der Waals surface area contributed by atoms with Crippen molar-refractivity contribution in [3.8, 4) is 0 Å². The summed E-state index contributed by atoms with van der Waals surface area (Å²) in [4.78, 5) is 14.3. The Balaban J connectivity index is 3.08. The molecule has 0 radical (unpaired) electrons. The van der Waals surface area contributed by atoms with Crippen molar-refractivity contribution in [1.29, 1.82) is 0 Å². The summed E-state index contributed by atoms with van der Waals surface area (Å²) in [6.07, 6.45) is 1.73. The number of benzene rings is 1. The summed E-state index contributed by atoms with van der Waals surface area (Å²) in [7, 11) is 0. The second kappa shape index (κ2) is 7.51. The van der Waals surface area contributed by atoms with Crippen molar-refractivity contribution in [3.05, 3.63) is 34.3 Å². The number of carbonyl (C=O) groups is 1. The fraction of sp³-hybridized carbons (Fsp3) is 0.533. The minimum absolute atomic E-state index is 0.0360. The Morgan fingerprint density at radius 3 is 2.53 bits per heavy atom. The summed E-state index contributed by atoms with van der Waals surface area (Å²) >= 11 is 6.21. The van der Waals surface area contributed by atoms with Crippen LogP contribution in [0.2, 0.25) is 5.02 Å². The minimum Gasteiger partial charge on any atom is -0.395 e. The molecule has 1 aromatic carbocycles. The summed E-state index contributed by atoms with van der Waals surface area (Å²) in [5.41, 5.74) is 1.41. The monoisotopic (exact) mass is 283 g/mol. The van der Waals surface area contributed by atoms with Crippen LogP contribution in [0.15, 0.2) is 18.2 Å². The highest BCUT2D eigenvalue weighted by Gasteiger charge is 2.23. The molecule has 4 heteroatoms. The maximum atomic E-state index is 12.6. The Labute approximate surface area is 120 Å². The van der Waals surface area contributed by atoms with Gasteiger partial charge in [0, 0.05) is 12.6 Å². The van der Waals surface area contributed by atoms with E-state index in [1.807, 2.05) is 32.9 Å². The number of hydrogen-bond acceptors (Lipinski definition) is 2. The number of aliphatic hydroxyl groups is 1. The molecule has 1 N–H and O–H groups in total. The quantitative estimate of drug-likeness (QED) is 0.870. The van der Waals surface area contributed by atoms with Gasteiger partial charge in [0.15, 0.2) is 0 Å². The third-order valence-corrected chi connectivity index (χ3v) is 3.91. The molecule has 19 heavy (non-hydrogen) atoms. The molecule has 0 aliphatic rings. The normalized spacial score (nSPS) is 10.8. The van der Waals surface area contributed by atoms with Crippen molar-refractivity contribution in [1.82, 2.24) is 4.90 Å². The van der Waals surface area contributed by atoms with Gasteiger partial charge in [0.2, 0.25) is 0 Å². The smallest absolute Gasteiger partial charge is 0.255 e. The standard InChI is InChI=1S/C15H22ClNO2/c1-4-12(5-2)17(9-10-18)15(19)13-8-6-7-11(3)14(13)16/h6-8,12,18H,4-5,9-10H2,1-3H3. The van der Waals surface area contributed by atoms with Gasteiger partial charge in [0.05, 0.1) is 17.2 Å². The first kappa shape index (κ1) is 16.0. The second-order valence-corrected chi connectivity index (χ2v) is 5.01. The minimum atomic E-state index is -0.101. The lowest BCUT2D eigenvalue weighted by atomic mass is 10.1. The molecule has 0 bridgehead atoms. The Morgan fingerprint density at radius 1 is 1.37 bits per heavy atom. The van der Waals surface area contributed by atoms with Gasteiger partial charge in [-0.15, -0.1) is 0 Å². The van der Waals surface area contributed by atoms with Gasteiger partial charge in [-0.2, -0.15) is 0 Å². The van der Waals surface area contributed by atoms with E-state index in [1.54, 1.807) is 11.0 Å². The highest BCUT2D eigenvalue weighted by Crippen LogP contribution is 2.23. The average molecular weight is 284 g/mol. The zero-order valence-corrected chi connectivity index (χ0v) is 12.6. The van der Waals surface area contributed by atoms with Crippen LogP contribution in [0.25, 0.3) is 0 Å². The summed E-state index contributed by atoms with van der Waals surface area (Å²) < 4.78 is 0. The molecule has 0 unspecified atom stereocenters. The molecule has 106 valence electrons. The van der Waals surface area contributed by atoms with E-state index < -0.39 is 0 Å². The fourth-order valence-electron chi connectivity index (χ4n) is 2.25. The van der Waals surface area contributed by atoms with Crippen molar-refractivity contribution >= 4 is 17.5 Å².